The molecule has 3 N–H and O–H groups in total. The summed E-state index contributed by atoms with van der Waals surface area (Å²) in [6, 6.07) is 13.8. The third-order valence-electron chi connectivity index (χ3n) is 4.24. The summed E-state index contributed by atoms with van der Waals surface area (Å²) < 4.78 is 0. The number of rotatable bonds is 7. The van der Waals surface area contributed by atoms with Crippen LogP contribution in [0.1, 0.15) is 20.3 Å². The lowest BCUT2D eigenvalue weighted by atomic mass is 10.1. The Bertz CT molecular complexity index is 1170. The van der Waals surface area contributed by atoms with Gasteiger partial charge in [0.1, 0.15) is 0 Å². The van der Waals surface area contributed by atoms with Gasteiger partial charge in [-0.05, 0) is 25.1 Å². The van der Waals surface area contributed by atoms with Gasteiger partial charge < -0.3 is 10.6 Å². The molecule has 8 nitrogen and oxygen atoms in total. The molecule has 0 unspecified atom stereocenters. The van der Waals surface area contributed by atoms with Crippen molar-refractivity contribution < 1.29 is 9.59 Å². The highest BCUT2D eigenvalue weighted by atomic mass is 35.5. The van der Waals surface area contributed by atoms with Crippen molar-refractivity contribution in [2.24, 2.45) is 0 Å². The number of halogens is 1. The van der Waals surface area contributed by atoms with Crippen LogP contribution < -0.4 is 16.2 Å². The normalized spacial score (nSPS) is 11.6. The molecule has 2 amide bonds. The molecule has 0 fully saturated rings. The highest BCUT2D eigenvalue weighted by Gasteiger charge is 2.19. The molecule has 0 aliphatic heterocycles. The number of benzene rings is 2. The zero-order chi connectivity index (χ0) is 22.4. The van der Waals surface area contributed by atoms with E-state index in [9.17, 15) is 14.4 Å². The molecule has 31 heavy (non-hydrogen) atoms. The van der Waals surface area contributed by atoms with Crippen molar-refractivity contribution in [1.82, 2.24) is 15.2 Å². The van der Waals surface area contributed by atoms with E-state index in [-0.39, 0.29) is 22.7 Å². The van der Waals surface area contributed by atoms with Crippen molar-refractivity contribution in [1.29, 1.82) is 0 Å². The van der Waals surface area contributed by atoms with Crippen molar-refractivity contribution in [2.75, 3.05) is 10.6 Å². The van der Waals surface area contributed by atoms with Crippen LogP contribution in [0.5, 0.6) is 0 Å². The second-order valence-corrected chi connectivity index (χ2v) is 8.22. The number of nitrogens with one attached hydrogen (secondary N) is 3. The summed E-state index contributed by atoms with van der Waals surface area (Å²) in [6.07, 6.45) is 0.306. The van der Waals surface area contributed by atoms with Crippen molar-refractivity contribution in [2.45, 2.75) is 30.7 Å². The molecule has 0 spiro atoms. The molecule has 1 aromatic heterocycles. The molecule has 0 saturated carbocycles. The van der Waals surface area contributed by atoms with Gasteiger partial charge >= 0.3 is 0 Å². The fourth-order valence-corrected chi connectivity index (χ4v) is 3.53. The number of thioether (sulfide) groups is 1. The van der Waals surface area contributed by atoms with E-state index in [1.165, 1.54) is 0 Å². The maximum Gasteiger partial charge on any atom is 0.278 e. The smallest absolute Gasteiger partial charge is 0.278 e. The van der Waals surface area contributed by atoms with E-state index in [0.717, 1.165) is 11.8 Å². The van der Waals surface area contributed by atoms with E-state index in [1.54, 1.807) is 62.4 Å². The quantitative estimate of drug-likeness (QED) is 0.462. The maximum absolute atomic E-state index is 12.6. The van der Waals surface area contributed by atoms with E-state index in [4.69, 9.17) is 11.6 Å². The molecule has 0 bridgehead atoms. The summed E-state index contributed by atoms with van der Waals surface area (Å²) in [4.78, 5) is 39.5. The van der Waals surface area contributed by atoms with Gasteiger partial charge in [-0.25, -0.2) is 0 Å². The summed E-state index contributed by atoms with van der Waals surface area (Å²) in [5.74, 6) is -0.472. The topological polar surface area (TPSA) is 117 Å². The highest BCUT2D eigenvalue weighted by molar-refractivity contribution is 8.00. The average Bonchev–Trinajstić information content (AvgIpc) is 2.76. The zero-order valence-electron chi connectivity index (χ0n) is 16.8. The SMILES string of the molecule is CCC(=O)Nc1ccccc1-c1nnc(S[C@@H](C)C(=O)Nc2ccccc2Cl)[nH]c1=O. The Morgan fingerprint density at radius 2 is 1.74 bits per heavy atom. The summed E-state index contributed by atoms with van der Waals surface area (Å²) in [6.45, 7) is 3.42. The number of nitrogens with zero attached hydrogens (tertiary/aromatic N) is 2. The lowest BCUT2D eigenvalue weighted by molar-refractivity contribution is -0.116. The largest absolute Gasteiger partial charge is 0.325 e. The minimum atomic E-state index is -0.566. The van der Waals surface area contributed by atoms with Gasteiger partial charge in [0, 0.05) is 12.0 Å². The number of amides is 2. The number of anilines is 2. The van der Waals surface area contributed by atoms with Crippen LogP contribution in [0.25, 0.3) is 11.3 Å². The fourth-order valence-electron chi connectivity index (χ4n) is 2.61. The van der Waals surface area contributed by atoms with E-state index >= 15 is 0 Å². The number of para-hydroxylation sites is 2. The number of carbonyl (C=O) groups excluding carboxylic acids is 2. The first-order chi connectivity index (χ1) is 14.9. The Morgan fingerprint density at radius 3 is 2.42 bits per heavy atom. The van der Waals surface area contributed by atoms with E-state index < -0.39 is 10.8 Å². The number of H-pyrrole nitrogens is 1. The lowest BCUT2D eigenvalue weighted by Crippen LogP contribution is -2.24. The van der Waals surface area contributed by atoms with Crippen LogP contribution in [0.2, 0.25) is 5.02 Å². The van der Waals surface area contributed by atoms with Crippen LogP contribution in [0.15, 0.2) is 58.5 Å². The van der Waals surface area contributed by atoms with Gasteiger partial charge in [-0.1, -0.05) is 60.6 Å². The van der Waals surface area contributed by atoms with Gasteiger partial charge in [0.15, 0.2) is 10.9 Å². The van der Waals surface area contributed by atoms with Gasteiger partial charge in [-0.2, -0.15) is 0 Å². The van der Waals surface area contributed by atoms with Crippen molar-refractivity contribution in [3.05, 3.63) is 63.9 Å². The molecule has 2 aromatic carbocycles. The van der Waals surface area contributed by atoms with Crippen LogP contribution in [-0.4, -0.2) is 32.2 Å². The number of hydrogen-bond acceptors (Lipinski definition) is 6. The number of aromatic nitrogens is 3. The lowest BCUT2D eigenvalue weighted by Gasteiger charge is -2.12. The second kappa shape index (κ2) is 10.2. The van der Waals surface area contributed by atoms with Crippen LogP contribution in [-0.2, 0) is 9.59 Å². The first-order valence-corrected chi connectivity index (χ1v) is 10.7. The summed E-state index contributed by atoms with van der Waals surface area (Å²) in [5.41, 5.74) is 1.03. The molecule has 3 rings (SSSR count). The van der Waals surface area contributed by atoms with Crippen molar-refractivity contribution >= 4 is 46.6 Å². The van der Waals surface area contributed by atoms with Crippen LogP contribution in [0.3, 0.4) is 0 Å². The molecule has 0 saturated heterocycles. The molecule has 0 aliphatic carbocycles. The molecule has 10 heteroatoms. The fraction of sp³-hybridized carbons (Fsp3) is 0.190. The minimum Gasteiger partial charge on any atom is -0.325 e. The highest BCUT2D eigenvalue weighted by Crippen LogP contribution is 2.26. The molecular formula is C21H20ClN5O3S. The van der Waals surface area contributed by atoms with Gasteiger partial charge in [0.25, 0.3) is 5.56 Å². The Kier molecular flexibility index (Phi) is 7.43. The monoisotopic (exact) mass is 457 g/mol. The maximum atomic E-state index is 12.6. The summed E-state index contributed by atoms with van der Waals surface area (Å²) in [7, 11) is 0. The van der Waals surface area contributed by atoms with Crippen LogP contribution in [0.4, 0.5) is 11.4 Å². The van der Waals surface area contributed by atoms with Crippen LogP contribution >= 0.6 is 23.4 Å². The predicted octanol–water partition coefficient (Wildman–Crippen LogP) is 3.95. The molecule has 160 valence electrons. The predicted molar refractivity (Wildman–Crippen MR) is 122 cm³/mol. The van der Waals surface area contributed by atoms with E-state index in [1.807, 2.05) is 0 Å². The minimum absolute atomic E-state index is 0.0736. The Labute approximate surface area is 187 Å². The first kappa shape index (κ1) is 22.5. The number of aromatic amines is 1. The third-order valence-corrected chi connectivity index (χ3v) is 5.55. The van der Waals surface area contributed by atoms with Crippen LogP contribution in [0, 0.1) is 0 Å². The van der Waals surface area contributed by atoms with Gasteiger partial charge in [-0.15, -0.1) is 10.2 Å². The van der Waals surface area contributed by atoms with Crippen molar-refractivity contribution in [3.8, 4) is 11.3 Å². The standard InChI is InChI=1S/C21H20ClN5O3S/c1-3-17(28)23-15-10-6-4-8-13(15)18-20(30)25-21(27-26-18)31-12(2)19(29)24-16-11-7-5-9-14(16)22/h4-12H,3H2,1-2H3,(H,23,28)(H,24,29)(H,25,27,30)/t12-/m0/s1. The van der Waals surface area contributed by atoms with E-state index in [2.05, 4.69) is 25.8 Å². The Hall–Kier alpha value is -3.17. The molecule has 3 aromatic rings. The van der Waals surface area contributed by atoms with E-state index in [0.29, 0.717) is 28.4 Å². The van der Waals surface area contributed by atoms with Gasteiger partial charge in [0.05, 0.1) is 21.6 Å². The first-order valence-electron chi connectivity index (χ1n) is 9.47. The molecular weight excluding hydrogens is 438 g/mol. The second-order valence-electron chi connectivity index (χ2n) is 6.48. The third kappa shape index (κ3) is 5.71. The summed E-state index contributed by atoms with van der Waals surface area (Å²) >= 11 is 7.12. The Morgan fingerprint density at radius 1 is 1.06 bits per heavy atom. The molecule has 1 heterocycles. The van der Waals surface area contributed by atoms with Gasteiger partial charge in [0.2, 0.25) is 11.8 Å². The Balaban J connectivity index is 1.76. The van der Waals surface area contributed by atoms with Crippen molar-refractivity contribution in [3.63, 3.8) is 0 Å². The zero-order valence-corrected chi connectivity index (χ0v) is 18.4. The number of carbonyl (C=O) groups is 2. The average molecular weight is 458 g/mol. The summed E-state index contributed by atoms with van der Waals surface area (Å²) in [5, 5.41) is 13.6. The molecule has 0 aliphatic rings. The molecule has 0 radical (unpaired) electrons. The van der Waals surface area contributed by atoms with Gasteiger partial charge in [-0.3, -0.25) is 19.4 Å². The molecule has 1 atom stereocenters. The number of hydrogen-bond donors (Lipinski definition) is 3.